The Balaban J connectivity index is 1.64. The van der Waals surface area contributed by atoms with Crippen LogP contribution >= 0.6 is 0 Å². The van der Waals surface area contributed by atoms with E-state index in [2.05, 4.69) is 0 Å². The van der Waals surface area contributed by atoms with Crippen LogP contribution in [-0.2, 0) is 6.61 Å². The quantitative estimate of drug-likeness (QED) is 0.427. The molecule has 0 atom stereocenters. The van der Waals surface area contributed by atoms with Gasteiger partial charge in [0.1, 0.15) is 29.7 Å². The van der Waals surface area contributed by atoms with Crippen LogP contribution in [0.4, 0.5) is 8.78 Å². The third-order valence-corrected chi connectivity index (χ3v) is 5.49. The van der Waals surface area contributed by atoms with Crippen LogP contribution in [0.3, 0.4) is 0 Å². The number of carbonyl (C=O) groups is 1. The molecule has 1 aliphatic rings. The van der Waals surface area contributed by atoms with Crippen LogP contribution in [0.2, 0.25) is 0 Å². The molecular formula is C26H22F2O6. The van der Waals surface area contributed by atoms with Gasteiger partial charge >= 0.3 is 0 Å². The number of hydrogen-bond donors (Lipinski definition) is 0. The van der Waals surface area contributed by atoms with E-state index in [1.807, 2.05) is 0 Å². The number of allylic oxidation sites excluding steroid dienone is 1. The zero-order valence-corrected chi connectivity index (χ0v) is 19.0. The lowest BCUT2D eigenvalue weighted by Gasteiger charge is -2.14. The van der Waals surface area contributed by atoms with E-state index in [9.17, 15) is 13.6 Å². The number of Topliss-reactive ketones (excluding diaryl/α,β-unsaturated/α-hetero) is 1. The molecule has 4 rings (SSSR count). The van der Waals surface area contributed by atoms with E-state index in [0.717, 1.165) is 0 Å². The van der Waals surface area contributed by atoms with E-state index in [4.69, 9.17) is 23.7 Å². The van der Waals surface area contributed by atoms with Crippen molar-refractivity contribution in [2.24, 2.45) is 0 Å². The lowest BCUT2D eigenvalue weighted by molar-refractivity contribution is 0.101. The number of benzene rings is 3. The van der Waals surface area contributed by atoms with Crippen molar-refractivity contribution in [2.75, 3.05) is 21.3 Å². The molecule has 34 heavy (non-hydrogen) atoms. The van der Waals surface area contributed by atoms with Gasteiger partial charge in [-0.15, -0.1) is 0 Å². The molecule has 0 N–H and O–H groups in total. The maximum Gasteiger partial charge on any atom is 0.231 e. The van der Waals surface area contributed by atoms with Crippen LogP contribution in [-0.4, -0.2) is 27.1 Å². The summed E-state index contributed by atoms with van der Waals surface area (Å²) in [4.78, 5) is 13.0. The molecule has 0 fully saturated rings. The molecule has 0 spiro atoms. The average molecular weight is 468 g/mol. The summed E-state index contributed by atoms with van der Waals surface area (Å²) in [6.45, 7) is 1.40. The summed E-state index contributed by atoms with van der Waals surface area (Å²) in [6.07, 6.45) is 1.55. The van der Waals surface area contributed by atoms with Gasteiger partial charge in [-0.05, 0) is 49.4 Å². The maximum atomic E-state index is 13.9. The Labute approximate surface area is 195 Å². The first-order valence-corrected chi connectivity index (χ1v) is 10.3. The average Bonchev–Trinajstić information content (AvgIpc) is 3.15. The lowest BCUT2D eigenvalue weighted by atomic mass is 10.1. The van der Waals surface area contributed by atoms with Gasteiger partial charge < -0.3 is 23.7 Å². The fourth-order valence-corrected chi connectivity index (χ4v) is 3.72. The topological polar surface area (TPSA) is 63.2 Å². The molecule has 0 saturated heterocycles. The third kappa shape index (κ3) is 4.03. The van der Waals surface area contributed by atoms with Gasteiger partial charge in [-0.25, -0.2) is 8.78 Å². The zero-order chi connectivity index (χ0) is 24.4. The van der Waals surface area contributed by atoms with Gasteiger partial charge in [-0.2, -0.15) is 0 Å². The van der Waals surface area contributed by atoms with E-state index in [1.165, 1.54) is 39.5 Å². The molecule has 3 aromatic rings. The summed E-state index contributed by atoms with van der Waals surface area (Å²) in [5.41, 5.74) is 1.26. The van der Waals surface area contributed by atoms with Gasteiger partial charge in [0, 0.05) is 11.1 Å². The minimum absolute atomic E-state index is 0.0842. The van der Waals surface area contributed by atoms with Crippen molar-refractivity contribution in [3.63, 3.8) is 0 Å². The van der Waals surface area contributed by atoms with Crippen molar-refractivity contribution < 1.29 is 37.3 Å². The summed E-state index contributed by atoms with van der Waals surface area (Å²) in [6, 6.07) is 10.2. The minimum atomic E-state index is -0.695. The summed E-state index contributed by atoms with van der Waals surface area (Å²) in [5, 5.41) is 0. The number of hydrogen-bond acceptors (Lipinski definition) is 6. The van der Waals surface area contributed by atoms with E-state index in [-0.39, 0.29) is 23.7 Å². The Kier molecular flexibility index (Phi) is 6.40. The molecule has 1 aliphatic heterocycles. The Morgan fingerprint density at radius 1 is 0.882 bits per heavy atom. The smallest absolute Gasteiger partial charge is 0.231 e. The zero-order valence-electron chi connectivity index (χ0n) is 19.0. The van der Waals surface area contributed by atoms with Crippen molar-refractivity contribution in [3.05, 3.63) is 82.1 Å². The number of halogens is 2. The molecular weight excluding hydrogens is 446 g/mol. The van der Waals surface area contributed by atoms with E-state index < -0.39 is 11.6 Å². The Morgan fingerprint density at radius 2 is 1.56 bits per heavy atom. The van der Waals surface area contributed by atoms with Gasteiger partial charge in [-0.3, -0.25) is 4.79 Å². The molecule has 0 unspecified atom stereocenters. The van der Waals surface area contributed by atoms with Crippen LogP contribution in [0.25, 0.3) is 6.08 Å². The van der Waals surface area contributed by atoms with Crippen LogP contribution in [0.15, 0.2) is 48.2 Å². The van der Waals surface area contributed by atoms with E-state index in [1.54, 1.807) is 37.3 Å². The molecule has 0 radical (unpaired) electrons. The largest absolute Gasteiger partial charge is 0.493 e. The number of carbonyl (C=O) groups excluding carboxylic acids is 1. The SMILES string of the molecule is COc1ccc(/C=C2\Oc3c(ccc(OCc4c(F)cccc4F)c3C)C2=O)c(OC)c1OC. The fraction of sp³-hybridized carbons (Fsp3) is 0.192. The molecule has 6 nitrogen and oxygen atoms in total. The second-order valence-corrected chi connectivity index (χ2v) is 7.42. The molecule has 0 amide bonds. The standard InChI is InChI=1S/C26H22F2O6/c1-14-20(33-13-17-18(27)6-5-7-19(17)28)11-9-16-23(29)22(34-24(14)16)12-15-8-10-21(30-2)26(32-4)25(15)31-3/h5-12H,13H2,1-4H3/b22-12-. The highest BCUT2D eigenvalue weighted by Gasteiger charge is 2.31. The monoisotopic (exact) mass is 468 g/mol. The number of ether oxygens (including phenoxy) is 5. The van der Waals surface area contributed by atoms with Gasteiger partial charge in [0.15, 0.2) is 17.3 Å². The Hall–Kier alpha value is -4.07. The van der Waals surface area contributed by atoms with Crippen molar-refractivity contribution >= 4 is 11.9 Å². The normalized spacial score (nSPS) is 13.5. The summed E-state index contributed by atoms with van der Waals surface area (Å²) in [5.74, 6) is 0.291. The molecule has 0 saturated carbocycles. The van der Waals surface area contributed by atoms with Gasteiger partial charge in [0.05, 0.1) is 32.5 Å². The van der Waals surface area contributed by atoms with Crippen molar-refractivity contribution in [1.29, 1.82) is 0 Å². The van der Waals surface area contributed by atoms with E-state index >= 15 is 0 Å². The van der Waals surface area contributed by atoms with Crippen molar-refractivity contribution in [3.8, 4) is 28.7 Å². The molecule has 0 aromatic heterocycles. The second kappa shape index (κ2) is 9.43. The van der Waals surface area contributed by atoms with Gasteiger partial charge in [-0.1, -0.05) is 6.07 Å². The van der Waals surface area contributed by atoms with Crippen LogP contribution in [0, 0.1) is 18.6 Å². The van der Waals surface area contributed by atoms with Crippen molar-refractivity contribution in [1.82, 2.24) is 0 Å². The lowest BCUT2D eigenvalue weighted by Crippen LogP contribution is -2.03. The molecule has 8 heteroatoms. The van der Waals surface area contributed by atoms with Gasteiger partial charge in [0.25, 0.3) is 0 Å². The molecule has 0 aliphatic carbocycles. The van der Waals surface area contributed by atoms with Crippen LogP contribution < -0.4 is 23.7 Å². The number of methoxy groups -OCH3 is 3. The molecule has 3 aromatic carbocycles. The highest BCUT2D eigenvalue weighted by Crippen LogP contribution is 2.43. The Morgan fingerprint density at radius 3 is 2.21 bits per heavy atom. The fourth-order valence-electron chi connectivity index (χ4n) is 3.72. The molecule has 176 valence electrons. The summed E-state index contributed by atoms with van der Waals surface area (Å²) >= 11 is 0. The maximum absolute atomic E-state index is 13.9. The number of ketones is 1. The second-order valence-electron chi connectivity index (χ2n) is 7.42. The van der Waals surface area contributed by atoms with Crippen LogP contribution in [0.5, 0.6) is 28.7 Å². The van der Waals surface area contributed by atoms with Crippen molar-refractivity contribution in [2.45, 2.75) is 13.5 Å². The highest BCUT2D eigenvalue weighted by atomic mass is 19.1. The first-order chi connectivity index (χ1) is 16.4. The predicted octanol–water partition coefficient (Wildman–Crippen LogP) is 5.49. The molecule has 0 bridgehead atoms. The van der Waals surface area contributed by atoms with Gasteiger partial charge in [0.2, 0.25) is 11.5 Å². The third-order valence-electron chi connectivity index (χ3n) is 5.49. The van der Waals surface area contributed by atoms with Crippen LogP contribution in [0.1, 0.15) is 27.0 Å². The van der Waals surface area contributed by atoms with E-state index in [0.29, 0.717) is 45.4 Å². The number of rotatable bonds is 7. The summed E-state index contributed by atoms with van der Waals surface area (Å²) < 4.78 is 55.5. The predicted molar refractivity (Wildman–Crippen MR) is 121 cm³/mol. The highest BCUT2D eigenvalue weighted by molar-refractivity contribution is 6.15. The number of fused-ring (bicyclic) bond motifs is 1. The summed E-state index contributed by atoms with van der Waals surface area (Å²) in [7, 11) is 4.48. The Bertz CT molecular complexity index is 1280. The molecule has 1 heterocycles. The minimum Gasteiger partial charge on any atom is -0.493 e. The first kappa shape index (κ1) is 23.1. The first-order valence-electron chi connectivity index (χ1n) is 10.3.